The molecule has 1 amide bonds. The molecule has 1 atom stereocenters. The predicted molar refractivity (Wildman–Crippen MR) is 50.5 cm³/mol. The first-order chi connectivity index (χ1) is 6.15. The average molecular weight is 186 g/mol. The van der Waals surface area contributed by atoms with Gasteiger partial charge in [-0.3, -0.25) is 4.79 Å². The highest BCUT2D eigenvalue weighted by molar-refractivity contribution is 5.77. The first-order valence-electron chi connectivity index (χ1n) is 4.58. The van der Waals surface area contributed by atoms with E-state index in [0.29, 0.717) is 6.04 Å². The Morgan fingerprint density at radius 2 is 2.31 bits per heavy atom. The SMILES string of the molecule is COCC(=O)N1CCC(N(C)C)C1. The Morgan fingerprint density at radius 1 is 1.62 bits per heavy atom. The predicted octanol–water partition coefficient (Wildman–Crippen LogP) is -0.205. The molecule has 0 saturated carbocycles. The average Bonchev–Trinajstić information content (AvgIpc) is 2.52. The molecule has 1 aliphatic rings. The smallest absolute Gasteiger partial charge is 0.248 e. The van der Waals surface area contributed by atoms with E-state index >= 15 is 0 Å². The summed E-state index contributed by atoms with van der Waals surface area (Å²) in [6, 6.07) is 0.515. The minimum atomic E-state index is 0.104. The Hall–Kier alpha value is -0.610. The second kappa shape index (κ2) is 4.58. The van der Waals surface area contributed by atoms with Gasteiger partial charge in [-0.2, -0.15) is 0 Å². The van der Waals surface area contributed by atoms with Crippen molar-refractivity contribution in [3.63, 3.8) is 0 Å². The first kappa shape index (κ1) is 10.5. The van der Waals surface area contributed by atoms with Gasteiger partial charge in [0.05, 0.1) is 0 Å². The normalized spacial score (nSPS) is 22.8. The maximum atomic E-state index is 11.4. The Labute approximate surface area is 79.4 Å². The molecular weight excluding hydrogens is 168 g/mol. The molecule has 4 heteroatoms. The molecule has 0 bridgehead atoms. The Kier molecular flexibility index (Phi) is 3.69. The summed E-state index contributed by atoms with van der Waals surface area (Å²) >= 11 is 0. The molecule has 0 aromatic heterocycles. The van der Waals surface area contributed by atoms with Crippen LogP contribution in [0.5, 0.6) is 0 Å². The monoisotopic (exact) mass is 186 g/mol. The number of likely N-dealkylation sites (N-methyl/N-ethyl adjacent to an activating group) is 1. The topological polar surface area (TPSA) is 32.8 Å². The molecule has 0 aliphatic carbocycles. The fourth-order valence-electron chi connectivity index (χ4n) is 1.60. The van der Waals surface area contributed by atoms with Crippen molar-refractivity contribution in [2.45, 2.75) is 12.5 Å². The van der Waals surface area contributed by atoms with Crippen LogP contribution in [0, 0.1) is 0 Å². The quantitative estimate of drug-likeness (QED) is 0.611. The lowest BCUT2D eigenvalue weighted by atomic mass is 10.2. The zero-order chi connectivity index (χ0) is 9.84. The first-order valence-corrected chi connectivity index (χ1v) is 4.58. The highest BCUT2D eigenvalue weighted by Crippen LogP contribution is 2.12. The molecule has 0 spiro atoms. The van der Waals surface area contributed by atoms with E-state index in [9.17, 15) is 4.79 Å². The van der Waals surface area contributed by atoms with Gasteiger partial charge in [-0.05, 0) is 20.5 Å². The second-order valence-electron chi connectivity index (χ2n) is 3.68. The zero-order valence-electron chi connectivity index (χ0n) is 8.62. The summed E-state index contributed by atoms with van der Waals surface area (Å²) in [5.74, 6) is 0.104. The summed E-state index contributed by atoms with van der Waals surface area (Å²) in [6.07, 6.45) is 1.07. The maximum Gasteiger partial charge on any atom is 0.248 e. The van der Waals surface area contributed by atoms with Crippen molar-refractivity contribution in [2.24, 2.45) is 0 Å². The van der Waals surface area contributed by atoms with Crippen LogP contribution < -0.4 is 0 Å². The van der Waals surface area contributed by atoms with Crippen LogP contribution in [0.15, 0.2) is 0 Å². The van der Waals surface area contributed by atoms with Crippen molar-refractivity contribution < 1.29 is 9.53 Å². The largest absolute Gasteiger partial charge is 0.375 e. The van der Waals surface area contributed by atoms with E-state index < -0.39 is 0 Å². The van der Waals surface area contributed by atoms with E-state index in [1.165, 1.54) is 0 Å². The fourth-order valence-corrected chi connectivity index (χ4v) is 1.60. The van der Waals surface area contributed by atoms with Crippen molar-refractivity contribution in [3.05, 3.63) is 0 Å². The van der Waals surface area contributed by atoms with E-state index in [1.807, 2.05) is 4.90 Å². The van der Waals surface area contributed by atoms with Gasteiger partial charge in [0, 0.05) is 26.2 Å². The number of carbonyl (C=O) groups excluding carboxylic acids is 1. The third-order valence-electron chi connectivity index (χ3n) is 2.51. The van der Waals surface area contributed by atoms with E-state index in [4.69, 9.17) is 4.74 Å². The van der Waals surface area contributed by atoms with Gasteiger partial charge >= 0.3 is 0 Å². The summed E-state index contributed by atoms with van der Waals surface area (Å²) in [5, 5.41) is 0. The van der Waals surface area contributed by atoms with Crippen molar-refractivity contribution in [2.75, 3.05) is 40.9 Å². The summed E-state index contributed by atoms with van der Waals surface area (Å²) in [7, 11) is 5.65. The number of hydrogen-bond donors (Lipinski definition) is 0. The minimum Gasteiger partial charge on any atom is -0.375 e. The van der Waals surface area contributed by atoms with Crippen molar-refractivity contribution >= 4 is 5.91 Å². The molecule has 13 heavy (non-hydrogen) atoms. The van der Waals surface area contributed by atoms with Crippen molar-refractivity contribution in [1.82, 2.24) is 9.80 Å². The number of rotatable bonds is 3. The molecule has 76 valence electrons. The van der Waals surface area contributed by atoms with Gasteiger partial charge in [-0.15, -0.1) is 0 Å². The van der Waals surface area contributed by atoms with Crippen molar-refractivity contribution in [1.29, 1.82) is 0 Å². The standard InChI is InChI=1S/C9H18N2O2/c1-10(2)8-4-5-11(6-8)9(12)7-13-3/h8H,4-7H2,1-3H3. The molecule has 4 nitrogen and oxygen atoms in total. The van der Waals surface area contributed by atoms with Gasteiger partial charge in [-0.25, -0.2) is 0 Å². The molecule has 0 radical (unpaired) electrons. The van der Waals surface area contributed by atoms with Crippen LogP contribution in [0.3, 0.4) is 0 Å². The number of nitrogens with zero attached hydrogens (tertiary/aromatic N) is 2. The molecule has 0 aromatic carbocycles. The molecule has 1 rings (SSSR count). The van der Waals surface area contributed by atoms with Gasteiger partial charge in [0.1, 0.15) is 6.61 Å². The lowest BCUT2D eigenvalue weighted by molar-refractivity contribution is -0.134. The van der Waals surface area contributed by atoms with Gasteiger partial charge in [0.25, 0.3) is 0 Å². The number of ether oxygens (including phenoxy) is 1. The van der Waals surface area contributed by atoms with Crippen LogP contribution in [0.2, 0.25) is 0 Å². The highest BCUT2D eigenvalue weighted by Gasteiger charge is 2.26. The van der Waals surface area contributed by atoms with Gasteiger partial charge in [0.15, 0.2) is 0 Å². The summed E-state index contributed by atoms with van der Waals surface area (Å²) in [4.78, 5) is 15.4. The van der Waals surface area contributed by atoms with E-state index in [-0.39, 0.29) is 12.5 Å². The molecule has 1 unspecified atom stereocenters. The van der Waals surface area contributed by atoms with Crippen LogP contribution in [0.25, 0.3) is 0 Å². The van der Waals surface area contributed by atoms with Gasteiger partial charge < -0.3 is 14.5 Å². The van der Waals surface area contributed by atoms with Gasteiger partial charge in [-0.1, -0.05) is 0 Å². The summed E-state index contributed by atoms with van der Waals surface area (Å²) in [5.41, 5.74) is 0. The lowest BCUT2D eigenvalue weighted by Crippen LogP contribution is -2.36. The minimum absolute atomic E-state index is 0.104. The summed E-state index contributed by atoms with van der Waals surface area (Å²) < 4.78 is 4.81. The Balaban J connectivity index is 2.36. The summed E-state index contributed by atoms with van der Waals surface area (Å²) in [6.45, 7) is 1.92. The number of likely N-dealkylation sites (tertiary alicyclic amines) is 1. The van der Waals surface area contributed by atoms with E-state index in [2.05, 4.69) is 19.0 Å². The highest BCUT2D eigenvalue weighted by atomic mass is 16.5. The molecule has 0 N–H and O–H groups in total. The molecular formula is C9H18N2O2. The molecule has 1 aliphatic heterocycles. The third-order valence-corrected chi connectivity index (χ3v) is 2.51. The number of carbonyl (C=O) groups is 1. The number of amides is 1. The molecule has 0 aromatic rings. The molecule has 1 saturated heterocycles. The fraction of sp³-hybridized carbons (Fsp3) is 0.889. The third kappa shape index (κ3) is 2.67. The van der Waals surface area contributed by atoms with Crippen LogP contribution in [-0.2, 0) is 9.53 Å². The Bertz CT molecular complexity index is 182. The lowest BCUT2D eigenvalue weighted by Gasteiger charge is -2.20. The van der Waals surface area contributed by atoms with Crippen LogP contribution in [0.4, 0.5) is 0 Å². The van der Waals surface area contributed by atoms with E-state index in [1.54, 1.807) is 7.11 Å². The van der Waals surface area contributed by atoms with Crippen LogP contribution >= 0.6 is 0 Å². The van der Waals surface area contributed by atoms with E-state index in [0.717, 1.165) is 19.5 Å². The Morgan fingerprint density at radius 3 is 2.77 bits per heavy atom. The van der Waals surface area contributed by atoms with Gasteiger partial charge in [0.2, 0.25) is 5.91 Å². The molecule has 1 fully saturated rings. The second-order valence-corrected chi connectivity index (χ2v) is 3.68. The zero-order valence-corrected chi connectivity index (χ0v) is 8.62. The van der Waals surface area contributed by atoms with Crippen LogP contribution in [-0.4, -0.2) is 62.7 Å². The van der Waals surface area contributed by atoms with Crippen molar-refractivity contribution in [3.8, 4) is 0 Å². The number of hydrogen-bond acceptors (Lipinski definition) is 3. The maximum absolute atomic E-state index is 11.4. The molecule has 1 heterocycles. The van der Waals surface area contributed by atoms with Crippen LogP contribution in [0.1, 0.15) is 6.42 Å². The number of methoxy groups -OCH3 is 1.